The van der Waals surface area contributed by atoms with Gasteiger partial charge in [-0.3, -0.25) is 19.5 Å². The van der Waals surface area contributed by atoms with Crippen molar-refractivity contribution in [2.45, 2.75) is 13.0 Å². The molecule has 2 fully saturated rings. The lowest BCUT2D eigenvalue weighted by molar-refractivity contribution is -0.140. The number of guanidine groups is 1. The second kappa shape index (κ2) is 9.70. The molecule has 2 bridgehead atoms. The van der Waals surface area contributed by atoms with E-state index in [0.29, 0.717) is 25.6 Å². The van der Waals surface area contributed by atoms with Gasteiger partial charge in [0, 0.05) is 31.1 Å². The number of thiazole rings is 1. The molecule has 168 valence electrons. The summed E-state index contributed by atoms with van der Waals surface area (Å²) in [6, 6.07) is 10.1. The number of nitrogens with one attached hydrogen (secondary N) is 2. The number of rotatable bonds is 6. The maximum absolute atomic E-state index is 12.8. The van der Waals surface area contributed by atoms with E-state index >= 15 is 0 Å². The van der Waals surface area contributed by atoms with Crippen LogP contribution in [0.1, 0.15) is 11.4 Å². The summed E-state index contributed by atoms with van der Waals surface area (Å²) in [5, 5.41) is 9.46. The highest BCUT2D eigenvalue weighted by Crippen LogP contribution is 2.52. The molecule has 0 spiro atoms. The van der Waals surface area contributed by atoms with Gasteiger partial charge in [-0.1, -0.05) is 42.5 Å². The number of benzene rings is 1. The molecule has 2 aromatic rings. The van der Waals surface area contributed by atoms with Gasteiger partial charge in [-0.15, -0.1) is 35.3 Å². The SMILES string of the molecule is CN=C(NCCN1C(=O)C2C3C=CC(C3)C2C1=O)NCc1nc(-c2ccccc2)cs1.I. The molecular formula is C23H26IN5O2S. The van der Waals surface area contributed by atoms with Gasteiger partial charge in [-0.25, -0.2) is 4.98 Å². The Morgan fingerprint density at radius 1 is 1.12 bits per heavy atom. The fourth-order valence-electron chi connectivity index (χ4n) is 4.98. The van der Waals surface area contributed by atoms with Crippen molar-refractivity contribution in [2.24, 2.45) is 28.7 Å². The molecule has 1 aliphatic heterocycles. The Hall–Kier alpha value is -2.27. The number of imide groups is 1. The van der Waals surface area contributed by atoms with Crippen LogP contribution in [0.4, 0.5) is 0 Å². The predicted molar refractivity (Wildman–Crippen MR) is 136 cm³/mol. The molecule has 2 aliphatic carbocycles. The molecule has 32 heavy (non-hydrogen) atoms. The van der Waals surface area contributed by atoms with E-state index in [0.717, 1.165) is 22.7 Å². The van der Waals surface area contributed by atoms with Gasteiger partial charge in [0.2, 0.25) is 11.8 Å². The van der Waals surface area contributed by atoms with Crippen molar-refractivity contribution in [2.75, 3.05) is 20.1 Å². The van der Waals surface area contributed by atoms with E-state index in [1.54, 1.807) is 18.4 Å². The second-order valence-electron chi connectivity index (χ2n) is 8.17. The lowest BCUT2D eigenvalue weighted by atomic mass is 9.85. The molecule has 1 saturated heterocycles. The number of nitrogens with zero attached hydrogens (tertiary/aromatic N) is 3. The molecule has 7 nitrogen and oxygen atoms in total. The number of carbonyl (C=O) groups is 2. The molecule has 1 saturated carbocycles. The van der Waals surface area contributed by atoms with Crippen molar-refractivity contribution < 1.29 is 9.59 Å². The first kappa shape index (κ1) is 22.9. The summed E-state index contributed by atoms with van der Waals surface area (Å²) >= 11 is 1.60. The Morgan fingerprint density at radius 2 is 1.81 bits per heavy atom. The summed E-state index contributed by atoms with van der Waals surface area (Å²) < 4.78 is 0. The van der Waals surface area contributed by atoms with Crippen LogP contribution in [0.3, 0.4) is 0 Å². The highest BCUT2D eigenvalue weighted by molar-refractivity contribution is 14.0. The molecule has 4 unspecified atom stereocenters. The van der Waals surface area contributed by atoms with E-state index in [2.05, 4.69) is 32.8 Å². The molecule has 2 heterocycles. The Labute approximate surface area is 208 Å². The summed E-state index contributed by atoms with van der Waals surface area (Å²) in [5.74, 6) is 0.835. The van der Waals surface area contributed by atoms with E-state index in [4.69, 9.17) is 0 Å². The molecule has 0 radical (unpaired) electrons. The summed E-state index contributed by atoms with van der Waals surface area (Å²) in [5.41, 5.74) is 2.06. The number of amides is 2. The average Bonchev–Trinajstić information content (AvgIpc) is 3.57. The number of allylic oxidation sites excluding steroid dienone is 2. The zero-order valence-corrected chi connectivity index (χ0v) is 20.9. The van der Waals surface area contributed by atoms with Crippen LogP contribution in [0.15, 0.2) is 52.9 Å². The first-order chi connectivity index (χ1) is 15.2. The van der Waals surface area contributed by atoms with Crippen LogP contribution in [0.25, 0.3) is 11.3 Å². The van der Waals surface area contributed by atoms with Gasteiger partial charge in [0.1, 0.15) is 5.01 Å². The van der Waals surface area contributed by atoms with Crippen LogP contribution in [0.5, 0.6) is 0 Å². The molecule has 9 heteroatoms. The van der Waals surface area contributed by atoms with Crippen LogP contribution in [-0.2, 0) is 16.1 Å². The lowest BCUT2D eigenvalue weighted by Crippen LogP contribution is -2.43. The van der Waals surface area contributed by atoms with Crippen LogP contribution in [0, 0.1) is 23.7 Å². The van der Waals surface area contributed by atoms with Crippen molar-refractivity contribution in [1.82, 2.24) is 20.5 Å². The van der Waals surface area contributed by atoms with Crippen LogP contribution in [0.2, 0.25) is 0 Å². The van der Waals surface area contributed by atoms with Crippen molar-refractivity contribution >= 4 is 53.1 Å². The number of carbonyl (C=O) groups excluding carboxylic acids is 2. The lowest BCUT2D eigenvalue weighted by Gasteiger charge is -2.18. The standard InChI is InChI=1S/C23H25N5O2S.HI/c1-24-23(26-12-18-27-17(13-31-18)14-5-3-2-4-6-14)25-9-10-28-21(29)19-15-7-8-16(11-15)20(19)22(28)30;/h2-8,13,15-16,19-20H,9-12H2,1H3,(H2,24,25,26);1H. The fraction of sp³-hybridized carbons (Fsp3) is 0.391. The van der Waals surface area contributed by atoms with Crippen molar-refractivity contribution in [1.29, 1.82) is 0 Å². The third-order valence-electron chi connectivity index (χ3n) is 6.44. The van der Waals surface area contributed by atoms with Crippen molar-refractivity contribution in [3.05, 3.63) is 52.9 Å². The van der Waals surface area contributed by atoms with E-state index in [1.165, 1.54) is 4.90 Å². The van der Waals surface area contributed by atoms with Gasteiger partial charge in [0.15, 0.2) is 5.96 Å². The average molecular weight is 563 g/mol. The van der Waals surface area contributed by atoms with Gasteiger partial charge >= 0.3 is 0 Å². The second-order valence-corrected chi connectivity index (χ2v) is 9.12. The number of aliphatic imine (C=N–C) groups is 1. The molecule has 5 rings (SSSR count). The van der Waals surface area contributed by atoms with Crippen molar-refractivity contribution in [3.8, 4) is 11.3 Å². The van der Waals surface area contributed by atoms with Gasteiger partial charge in [-0.05, 0) is 18.3 Å². The number of fused-ring (bicyclic) bond motifs is 5. The molecular weight excluding hydrogens is 537 g/mol. The van der Waals surface area contributed by atoms with Gasteiger partial charge in [0.25, 0.3) is 0 Å². The molecule has 2 amide bonds. The minimum atomic E-state index is -0.136. The highest BCUT2D eigenvalue weighted by Gasteiger charge is 2.58. The Bertz CT molecular complexity index is 1020. The Kier molecular flexibility index (Phi) is 6.94. The van der Waals surface area contributed by atoms with Crippen molar-refractivity contribution in [3.63, 3.8) is 0 Å². The number of hydrogen-bond donors (Lipinski definition) is 2. The zero-order chi connectivity index (χ0) is 21.4. The van der Waals surface area contributed by atoms with Crippen LogP contribution >= 0.6 is 35.3 Å². The van der Waals surface area contributed by atoms with Crippen LogP contribution in [-0.4, -0.2) is 47.8 Å². The molecule has 4 atom stereocenters. The summed E-state index contributed by atoms with van der Waals surface area (Å²) in [4.78, 5) is 35.9. The quantitative estimate of drug-likeness (QED) is 0.186. The number of aromatic nitrogens is 1. The largest absolute Gasteiger partial charge is 0.355 e. The maximum atomic E-state index is 12.8. The number of likely N-dealkylation sites (tertiary alicyclic amines) is 1. The minimum absolute atomic E-state index is 0. The zero-order valence-electron chi connectivity index (χ0n) is 17.7. The number of halogens is 1. The van der Waals surface area contributed by atoms with Gasteiger partial charge in [0.05, 0.1) is 24.1 Å². The summed E-state index contributed by atoms with van der Waals surface area (Å²) in [7, 11) is 1.70. The Balaban J connectivity index is 0.00000245. The summed E-state index contributed by atoms with van der Waals surface area (Å²) in [6.07, 6.45) is 5.19. The smallest absolute Gasteiger partial charge is 0.233 e. The number of hydrogen-bond acceptors (Lipinski definition) is 5. The highest BCUT2D eigenvalue weighted by atomic mass is 127. The van der Waals surface area contributed by atoms with E-state index in [-0.39, 0.29) is 59.5 Å². The maximum Gasteiger partial charge on any atom is 0.233 e. The molecule has 1 aromatic heterocycles. The monoisotopic (exact) mass is 563 g/mol. The van der Waals surface area contributed by atoms with Gasteiger partial charge in [-0.2, -0.15) is 0 Å². The van der Waals surface area contributed by atoms with E-state index in [1.807, 2.05) is 35.7 Å². The summed E-state index contributed by atoms with van der Waals surface area (Å²) in [6.45, 7) is 1.38. The first-order valence-electron chi connectivity index (χ1n) is 10.6. The predicted octanol–water partition coefficient (Wildman–Crippen LogP) is 2.90. The normalized spacial score (nSPS) is 25.8. The molecule has 1 aromatic carbocycles. The fourth-order valence-corrected chi connectivity index (χ4v) is 5.73. The van der Waals surface area contributed by atoms with Crippen LogP contribution < -0.4 is 10.6 Å². The first-order valence-corrected chi connectivity index (χ1v) is 11.5. The third kappa shape index (κ3) is 4.19. The third-order valence-corrected chi connectivity index (χ3v) is 7.29. The molecule has 2 N–H and O–H groups in total. The van der Waals surface area contributed by atoms with Gasteiger partial charge < -0.3 is 10.6 Å². The Morgan fingerprint density at radius 3 is 2.47 bits per heavy atom. The topological polar surface area (TPSA) is 86.7 Å². The van der Waals surface area contributed by atoms with E-state index < -0.39 is 0 Å². The minimum Gasteiger partial charge on any atom is -0.355 e. The van der Waals surface area contributed by atoms with E-state index in [9.17, 15) is 9.59 Å². The molecule has 3 aliphatic rings.